The Morgan fingerprint density at radius 3 is 2.72 bits per heavy atom. The van der Waals surface area contributed by atoms with Crippen LogP contribution in [0.2, 0.25) is 5.02 Å². The van der Waals surface area contributed by atoms with Crippen molar-refractivity contribution in [3.63, 3.8) is 0 Å². The van der Waals surface area contributed by atoms with Gasteiger partial charge in [0.05, 0.1) is 5.02 Å². The van der Waals surface area contributed by atoms with E-state index in [1.54, 1.807) is 0 Å². The zero-order chi connectivity index (χ0) is 13.7. The highest BCUT2D eigenvalue weighted by atomic mass is 35.5. The number of hydrogen-bond acceptors (Lipinski definition) is 3. The molecule has 0 unspecified atom stereocenters. The Labute approximate surface area is 107 Å². The Hall–Kier alpha value is -2.28. The average Bonchev–Trinajstić information content (AvgIpc) is 2.31. The van der Waals surface area contributed by atoms with Crippen LogP contribution in [0.4, 0.5) is 4.39 Å². The molecule has 0 atom stereocenters. The second-order valence-electron chi connectivity index (χ2n) is 3.14. The highest BCUT2D eigenvalue weighted by molar-refractivity contribution is 6.32. The summed E-state index contributed by atoms with van der Waals surface area (Å²) in [5, 5.41) is 14.2. The van der Waals surface area contributed by atoms with E-state index in [-0.39, 0.29) is 16.5 Å². The summed E-state index contributed by atoms with van der Waals surface area (Å²) in [6.07, 6.45) is 0.998. The monoisotopic (exact) mass is 272 g/mol. The van der Waals surface area contributed by atoms with Crippen LogP contribution in [0.25, 0.3) is 6.08 Å². The van der Waals surface area contributed by atoms with Crippen molar-refractivity contribution in [2.75, 3.05) is 0 Å². The Morgan fingerprint density at radius 2 is 2.22 bits per heavy atom. The fourth-order valence-corrected chi connectivity index (χ4v) is 1.33. The minimum atomic E-state index is -1.36. The second-order valence-corrected chi connectivity index (χ2v) is 3.55. The van der Waals surface area contributed by atoms with E-state index in [1.165, 1.54) is 12.1 Å². The first-order valence-electron chi connectivity index (χ1n) is 4.65. The number of nitrogens with two attached hydrogens (primary N) is 2. The fourth-order valence-electron chi connectivity index (χ4n) is 1.11. The highest BCUT2D eigenvalue weighted by Gasteiger charge is 2.12. The molecule has 0 heterocycles. The molecule has 0 spiro atoms. The van der Waals surface area contributed by atoms with Crippen molar-refractivity contribution in [2.45, 2.75) is 0 Å². The molecule has 18 heavy (non-hydrogen) atoms. The number of nitrogens with one attached hydrogen (secondary N) is 1. The second kappa shape index (κ2) is 5.87. The van der Waals surface area contributed by atoms with E-state index >= 15 is 0 Å². The topological polar surface area (TPSA) is 114 Å². The summed E-state index contributed by atoms with van der Waals surface area (Å²) in [7, 11) is 0. The maximum Gasteiger partial charge on any atom is 0.352 e. The summed E-state index contributed by atoms with van der Waals surface area (Å²) < 4.78 is 13.5. The zero-order valence-corrected chi connectivity index (χ0v) is 9.78. The molecule has 0 saturated heterocycles. The van der Waals surface area contributed by atoms with Crippen molar-refractivity contribution in [2.24, 2.45) is 16.7 Å². The van der Waals surface area contributed by atoms with Gasteiger partial charge in [0.2, 0.25) is 5.96 Å². The van der Waals surface area contributed by atoms with Crippen LogP contribution >= 0.6 is 11.6 Å². The zero-order valence-electron chi connectivity index (χ0n) is 9.02. The molecule has 6 nitrogen and oxygen atoms in total. The van der Waals surface area contributed by atoms with E-state index < -0.39 is 17.5 Å². The third kappa shape index (κ3) is 3.36. The van der Waals surface area contributed by atoms with Crippen molar-refractivity contribution < 1.29 is 14.3 Å². The van der Waals surface area contributed by atoms with Crippen molar-refractivity contribution in [3.8, 4) is 0 Å². The van der Waals surface area contributed by atoms with Gasteiger partial charge in [-0.25, -0.2) is 9.18 Å². The molecular formula is C10H10ClFN4O2. The SMILES string of the molecule is NN=C(N)NC(=Cc1c(F)cccc1Cl)C(=O)O. The van der Waals surface area contributed by atoms with Crippen LogP contribution < -0.4 is 16.9 Å². The van der Waals surface area contributed by atoms with E-state index in [0.717, 1.165) is 12.1 Å². The van der Waals surface area contributed by atoms with Gasteiger partial charge in [-0.2, -0.15) is 0 Å². The van der Waals surface area contributed by atoms with Crippen molar-refractivity contribution >= 4 is 29.6 Å². The molecule has 8 heteroatoms. The first kappa shape index (κ1) is 13.8. The molecule has 0 aliphatic rings. The summed E-state index contributed by atoms with van der Waals surface area (Å²) in [6, 6.07) is 3.98. The van der Waals surface area contributed by atoms with Crippen LogP contribution in [0.1, 0.15) is 5.56 Å². The lowest BCUT2D eigenvalue weighted by atomic mass is 10.1. The Balaban J connectivity index is 3.21. The molecule has 0 aliphatic heterocycles. The van der Waals surface area contributed by atoms with Crippen LogP contribution in [-0.4, -0.2) is 17.0 Å². The molecule has 0 bridgehead atoms. The van der Waals surface area contributed by atoms with Gasteiger partial charge in [0.15, 0.2) is 0 Å². The summed E-state index contributed by atoms with van der Waals surface area (Å²) in [5.41, 5.74) is 4.74. The minimum absolute atomic E-state index is 0.0683. The van der Waals surface area contributed by atoms with Crippen LogP contribution in [-0.2, 0) is 4.79 Å². The van der Waals surface area contributed by atoms with Crippen molar-refractivity contribution in [1.82, 2.24) is 5.32 Å². The standard InChI is InChI=1S/C10H10ClFN4O2/c11-6-2-1-3-7(12)5(6)4-8(9(17)18)15-10(13)16-14/h1-4H,14H2,(H,17,18)(H3,13,15,16). The molecule has 6 N–H and O–H groups in total. The lowest BCUT2D eigenvalue weighted by Crippen LogP contribution is -2.34. The molecule has 0 aromatic heterocycles. The first-order chi connectivity index (χ1) is 8.45. The summed E-state index contributed by atoms with van der Waals surface area (Å²) in [4.78, 5) is 10.9. The van der Waals surface area contributed by atoms with Gasteiger partial charge in [-0.15, -0.1) is 5.10 Å². The molecule has 96 valence electrons. The van der Waals surface area contributed by atoms with Gasteiger partial charge in [-0.3, -0.25) is 0 Å². The predicted octanol–water partition coefficient (Wildman–Crippen LogP) is 0.683. The number of hydrazone groups is 1. The summed E-state index contributed by atoms with van der Waals surface area (Å²) in [5.74, 6) is 2.51. The molecule has 1 aromatic rings. The van der Waals surface area contributed by atoms with E-state index in [1.807, 2.05) is 0 Å². The smallest absolute Gasteiger partial charge is 0.352 e. The highest BCUT2D eigenvalue weighted by Crippen LogP contribution is 2.21. The Kier molecular flexibility index (Phi) is 4.50. The maximum absolute atomic E-state index is 13.5. The Morgan fingerprint density at radius 1 is 1.56 bits per heavy atom. The van der Waals surface area contributed by atoms with Gasteiger partial charge in [0, 0.05) is 5.56 Å². The van der Waals surface area contributed by atoms with Crippen LogP contribution in [0.3, 0.4) is 0 Å². The Bertz CT molecular complexity index is 510. The molecule has 0 amide bonds. The number of carbonyl (C=O) groups is 1. The number of carboxylic acid groups (broad SMARTS) is 1. The predicted molar refractivity (Wildman–Crippen MR) is 66.0 cm³/mol. The number of rotatable bonds is 3. The lowest BCUT2D eigenvalue weighted by Gasteiger charge is -2.06. The maximum atomic E-state index is 13.5. The normalized spacial score (nSPS) is 12.3. The van der Waals surface area contributed by atoms with E-state index in [9.17, 15) is 9.18 Å². The van der Waals surface area contributed by atoms with Gasteiger partial charge in [0.1, 0.15) is 11.5 Å². The van der Waals surface area contributed by atoms with Gasteiger partial charge >= 0.3 is 5.97 Å². The molecule has 1 aromatic carbocycles. The van der Waals surface area contributed by atoms with E-state index in [2.05, 4.69) is 10.4 Å². The third-order valence-corrected chi connectivity index (χ3v) is 2.25. The van der Waals surface area contributed by atoms with Crippen molar-refractivity contribution in [3.05, 3.63) is 40.3 Å². The van der Waals surface area contributed by atoms with Gasteiger partial charge < -0.3 is 22.0 Å². The van der Waals surface area contributed by atoms with Gasteiger partial charge in [0.25, 0.3) is 0 Å². The van der Waals surface area contributed by atoms with Crippen LogP contribution in [0.5, 0.6) is 0 Å². The number of hydrogen-bond donors (Lipinski definition) is 4. The summed E-state index contributed by atoms with van der Waals surface area (Å²) in [6.45, 7) is 0. The number of guanidine groups is 1. The summed E-state index contributed by atoms with van der Waals surface area (Å²) >= 11 is 5.76. The van der Waals surface area contributed by atoms with E-state index in [4.69, 9.17) is 28.3 Å². The number of aliphatic carboxylic acids is 1. The number of nitrogens with zero attached hydrogens (tertiary/aromatic N) is 1. The number of benzene rings is 1. The third-order valence-electron chi connectivity index (χ3n) is 1.92. The lowest BCUT2D eigenvalue weighted by molar-refractivity contribution is -0.132. The van der Waals surface area contributed by atoms with Gasteiger partial charge in [-0.05, 0) is 18.2 Å². The average molecular weight is 273 g/mol. The minimum Gasteiger partial charge on any atom is -0.477 e. The van der Waals surface area contributed by atoms with Crippen LogP contribution in [0, 0.1) is 5.82 Å². The number of carboxylic acids is 1. The fraction of sp³-hybridized carbons (Fsp3) is 0. The largest absolute Gasteiger partial charge is 0.477 e. The number of halogens is 2. The van der Waals surface area contributed by atoms with Crippen LogP contribution in [0.15, 0.2) is 29.0 Å². The van der Waals surface area contributed by atoms with Crippen molar-refractivity contribution in [1.29, 1.82) is 0 Å². The molecule has 0 saturated carbocycles. The quantitative estimate of drug-likeness (QED) is 0.212. The van der Waals surface area contributed by atoms with Gasteiger partial charge in [-0.1, -0.05) is 17.7 Å². The molecule has 0 aliphatic carbocycles. The van der Waals surface area contributed by atoms with E-state index in [0.29, 0.717) is 0 Å². The molecular weight excluding hydrogens is 263 g/mol. The molecule has 0 fully saturated rings. The first-order valence-corrected chi connectivity index (χ1v) is 5.03. The molecule has 1 rings (SSSR count). The molecule has 0 radical (unpaired) electrons.